The summed E-state index contributed by atoms with van der Waals surface area (Å²) in [5, 5.41) is 3.16. The molecule has 0 aliphatic rings. The molecule has 156 valence electrons. The van der Waals surface area contributed by atoms with E-state index >= 15 is 0 Å². The molecule has 0 radical (unpaired) electrons. The predicted octanol–water partition coefficient (Wildman–Crippen LogP) is 4.59. The Morgan fingerprint density at radius 1 is 0.968 bits per heavy atom. The maximum absolute atomic E-state index is 12.7. The van der Waals surface area contributed by atoms with Crippen LogP contribution in [0, 0.1) is 6.92 Å². The predicted molar refractivity (Wildman–Crippen MR) is 118 cm³/mol. The van der Waals surface area contributed by atoms with Gasteiger partial charge in [0.25, 0.3) is 5.91 Å². The molecule has 1 aromatic heterocycles. The van der Waals surface area contributed by atoms with Gasteiger partial charge in [-0.2, -0.15) is 0 Å². The standard InChI is InChI=1S/C25H21NO5/c1-17-7-9-19(10-8-17)31-23-15-30-22-13-20(11-12-21(22)25(23)28)29-16-24(27)26-14-18-5-3-2-4-6-18/h2-13,15H,14,16H2,1H3,(H,26,27). The van der Waals surface area contributed by atoms with Crippen molar-refractivity contribution in [2.24, 2.45) is 0 Å². The van der Waals surface area contributed by atoms with E-state index in [0.717, 1.165) is 11.1 Å². The zero-order valence-electron chi connectivity index (χ0n) is 17.0. The zero-order chi connectivity index (χ0) is 21.6. The summed E-state index contributed by atoms with van der Waals surface area (Å²) in [6.45, 7) is 2.26. The molecule has 6 heteroatoms. The highest BCUT2D eigenvalue weighted by atomic mass is 16.5. The summed E-state index contributed by atoms with van der Waals surface area (Å²) in [6, 6.07) is 21.8. The van der Waals surface area contributed by atoms with Gasteiger partial charge in [0, 0.05) is 12.6 Å². The molecule has 0 spiro atoms. The number of nitrogens with one attached hydrogen (secondary N) is 1. The highest BCUT2D eigenvalue weighted by molar-refractivity contribution is 5.80. The smallest absolute Gasteiger partial charge is 0.258 e. The van der Waals surface area contributed by atoms with Crippen LogP contribution in [-0.2, 0) is 11.3 Å². The first kappa shape index (κ1) is 20.2. The van der Waals surface area contributed by atoms with Crippen molar-refractivity contribution in [3.05, 3.63) is 100 Å². The van der Waals surface area contributed by atoms with Crippen LogP contribution in [0.15, 0.2) is 88.3 Å². The fourth-order valence-electron chi connectivity index (χ4n) is 2.98. The number of rotatable bonds is 7. The Hall–Kier alpha value is -4.06. The first-order chi connectivity index (χ1) is 15.1. The third-order valence-electron chi connectivity index (χ3n) is 4.67. The van der Waals surface area contributed by atoms with Crippen LogP contribution in [-0.4, -0.2) is 12.5 Å². The van der Waals surface area contributed by atoms with E-state index in [4.69, 9.17) is 13.9 Å². The summed E-state index contributed by atoms with van der Waals surface area (Å²) < 4.78 is 16.8. The van der Waals surface area contributed by atoms with Crippen molar-refractivity contribution in [3.8, 4) is 17.2 Å². The minimum Gasteiger partial charge on any atom is -0.484 e. The van der Waals surface area contributed by atoms with Gasteiger partial charge in [0.1, 0.15) is 23.3 Å². The lowest BCUT2D eigenvalue weighted by Gasteiger charge is -2.09. The van der Waals surface area contributed by atoms with Gasteiger partial charge in [-0.05, 0) is 36.8 Å². The van der Waals surface area contributed by atoms with Crippen molar-refractivity contribution in [2.75, 3.05) is 6.61 Å². The Kier molecular flexibility index (Phi) is 5.98. The van der Waals surface area contributed by atoms with Crippen molar-refractivity contribution in [1.82, 2.24) is 5.32 Å². The van der Waals surface area contributed by atoms with Gasteiger partial charge in [0.2, 0.25) is 11.2 Å². The highest BCUT2D eigenvalue weighted by Gasteiger charge is 2.11. The molecule has 0 unspecified atom stereocenters. The molecule has 0 atom stereocenters. The maximum atomic E-state index is 12.7. The maximum Gasteiger partial charge on any atom is 0.258 e. The molecule has 0 saturated carbocycles. The Morgan fingerprint density at radius 2 is 1.71 bits per heavy atom. The van der Waals surface area contributed by atoms with E-state index in [1.807, 2.05) is 49.4 Å². The number of carbonyl (C=O) groups excluding carboxylic acids is 1. The van der Waals surface area contributed by atoms with Crippen molar-refractivity contribution in [3.63, 3.8) is 0 Å². The summed E-state index contributed by atoms with van der Waals surface area (Å²) in [6.07, 6.45) is 1.28. The zero-order valence-corrected chi connectivity index (χ0v) is 17.0. The Labute approximate surface area is 179 Å². The van der Waals surface area contributed by atoms with Crippen molar-refractivity contribution in [1.29, 1.82) is 0 Å². The minimum atomic E-state index is -0.283. The molecule has 0 bridgehead atoms. The number of hydrogen-bond donors (Lipinski definition) is 1. The van der Waals surface area contributed by atoms with E-state index in [0.29, 0.717) is 29.0 Å². The molecule has 1 amide bonds. The van der Waals surface area contributed by atoms with Crippen molar-refractivity contribution in [2.45, 2.75) is 13.5 Å². The van der Waals surface area contributed by atoms with Gasteiger partial charge in [-0.15, -0.1) is 0 Å². The summed E-state index contributed by atoms with van der Waals surface area (Å²) >= 11 is 0. The third kappa shape index (κ3) is 5.11. The largest absolute Gasteiger partial charge is 0.484 e. The van der Waals surface area contributed by atoms with E-state index < -0.39 is 0 Å². The molecule has 4 aromatic rings. The van der Waals surface area contributed by atoms with Crippen LogP contribution in [0.25, 0.3) is 11.0 Å². The van der Waals surface area contributed by atoms with Crippen LogP contribution in [0.3, 0.4) is 0 Å². The second kappa shape index (κ2) is 9.17. The minimum absolute atomic E-state index is 0.102. The second-order valence-electron chi connectivity index (χ2n) is 7.05. The number of hydrogen-bond acceptors (Lipinski definition) is 5. The van der Waals surface area contributed by atoms with E-state index in [1.54, 1.807) is 30.3 Å². The third-order valence-corrected chi connectivity index (χ3v) is 4.67. The van der Waals surface area contributed by atoms with Gasteiger partial charge in [0.15, 0.2) is 6.61 Å². The summed E-state index contributed by atoms with van der Waals surface area (Å²) in [5.74, 6) is 0.842. The van der Waals surface area contributed by atoms with Gasteiger partial charge in [-0.1, -0.05) is 48.0 Å². The molecule has 0 fully saturated rings. The van der Waals surface area contributed by atoms with Crippen molar-refractivity contribution >= 4 is 16.9 Å². The Morgan fingerprint density at radius 3 is 2.48 bits per heavy atom. The van der Waals surface area contributed by atoms with Crippen LogP contribution in [0.4, 0.5) is 0 Å². The quantitative estimate of drug-likeness (QED) is 0.478. The van der Waals surface area contributed by atoms with Crippen LogP contribution >= 0.6 is 0 Å². The van der Waals surface area contributed by atoms with Gasteiger partial charge < -0.3 is 19.2 Å². The fraction of sp³-hybridized carbons (Fsp3) is 0.120. The molecule has 1 heterocycles. The molecular formula is C25H21NO5. The summed E-state index contributed by atoms with van der Waals surface area (Å²) in [4.78, 5) is 24.7. The van der Waals surface area contributed by atoms with E-state index in [-0.39, 0.29) is 23.7 Å². The van der Waals surface area contributed by atoms with Gasteiger partial charge in [0.05, 0.1) is 5.39 Å². The number of ether oxygens (including phenoxy) is 2. The number of aryl methyl sites for hydroxylation is 1. The lowest BCUT2D eigenvalue weighted by molar-refractivity contribution is -0.123. The SMILES string of the molecule is Cc1ccc(Oc2coc3cc(OCC(=O)NCc4ccccc4)ccc3c2=O)cc1. The number of amides is 1. The highest BCUT2D eigenvalue weighted by Crippen LogP contribution is 2.24. The van der Waals surface area contributed by atoms with Crippen LogP contribution in [0.5, 0.6) is 17.2 Å². The topological polar surface area (TPSA) is 77.8 Å². The Bertz CT molecular complexity index is 1250. The number of fused-ring (bicyclic) bond motifs is 1. The number of benzene rings is 3. The van der Waals surface area contributed by atoms with Crippen LogP contribution < -0.4 is 20.2 Å². The molecule has 31 heavy (non-hydrogen) atoms. The normalized spacial score (nSPS) is 10.6. The summed E-state index contributed by atoms with van der Waals surface area (Å²) in [7, 11) is 0. The van der Waals surface area contributed by atoms with E-state index in [1.165, 1.54) is 6.26 Å². The lowest BCUT2D eigenvalue weighted by Crippen LogP contribution is -2.28. The first-order valence-corrected chi connectivity index (χ1v) is 9.82. The average molecular weight is 415 g/mol. The molecule has 4 rings (SSSR count). The van der Waals surface area contributed by atoms with Crippen LogP contribution in [0.1, 0.15) is 11.1 Å². The van der Waals surface area contributed by atoms with E-state index in [9.17, 15) is 9.59 Å². The molecule has 0 saturated heterocycles. The molecule has 6 nitrogen and oxygen atoms in total. The van der Waals surface area contributed by atoms with Crippen LogP contribution in [0.2, 0.25) is 0 Å². The van der Waals surface area contributed by atoms with Gasteiger partial charge in [-0.3, -0.25) is 9.59 Å². The Balaban J connectivity index is 1.40. The van der Waals surface area contributed by atoms with E-state index in [2.05, 4.69) is 5.32 Å². The molecule has 1 N–H and O–H groups in total. The lowest BCUT2D eigenvalue weighted by atomic mass is 10.2. The first-order valence-electron chi connectivity index (χ1n) is 9.82. The summed E-state index contributed by atoms with van der Waals surface area (Å²) in [5.41, 5.74) is 2.17. The monoisotopic (exact) mass is 415 g/mol. The molecule has 0 aliphatic heterocycles. The molecule has 3 aromatic carbocycles. The molecular weight excluding hydrogens is 394 g/mol. The fourth-order valence-corrected chi connectivity index (χ4v) is 2.98. The van der Waals surface area contributed by atoms with Gasteiger partial charge >= 0.3 is 0 Å². The van der Waals surface area contributed by atoms with Crippen molar-refractivity contribution < 1.29 is 18.7 Å². The second-order valence-corrected chi connectivity index (χ2v) is 7.05. The molecule has 0 aliphatic carbocycles. The average Bonchev–Trinajstić information content (AvgIpc) is 2.80. The number of carbonyl (C=O) groups is 1. The van der Waals surface area contributed by atoms with Gasteiger partial charge in [-0.25, -0.2) is 0 Å².